The molecule has 18 heavy (non-hydrogen) atoms. The molecule has 3 nitrogen and oxygen atoms in total. The third-order valence-corrected chi connectivity index (χ3v) is 2.26. The molecule has 0 aliphatic carbocycles. The van der Waals surface area contributed by atoms with Crippen LogP contribution in [0.15, 0.2) is 12.1 Å². The van der Waals surface area contributed by atoms with Crippen LogP contribution in [0.1, 0.15) is 26.3 Å². The van der Waals surface area contributed by atoms with Crippen molar-refractivity contribution in [3.8, 4) is 5.75 Å². The van der Waals surface area contributed by atoms with Crippen LogP contribution in [0.5, 0.6) is 5.75 Å². The molecule has 0 saturated heterocycles. The largest absolute Gasteiger partial charge is 0.461 e. The Morgan fingerprint density at radius 3 is 2.33 bits per heavy atom. The molecule has 0 bridgehead atoms. The Hall–Kier alpha value is -1.20. The number of ether oxygens (including phenoxy) is 2. The molecule has 0 aliphatic rings. The van der Waals surface area contributed by atoms with Crippen LogP contribution in [0.25, 0.3) is 0 Å². The summed E-state index contributed by atoms with van der Waals surface area (Å²) in [4.78, 5) is 0. The lowest BCUT2D eigenvalue weighted by Crippen LogP contribution is -2.22. The van der Waals surface area contributed by atoms with Crippen LogP contribution in [-0.4, -0.2) is 19.4 Å². The van der Waals surface area contributed by atoms with E-state index in [-0.39, 0.29) is 12.8 Å². The molecule has 0 saturated carbocycles. The van der Waals surface area contributed by atoms with Gasteiger partial charge in [-0.3, -0.25) is 0 Å². The summed E-state index contributed by atoms with van der Waals surface area (Å²) in [7, 11) is 0. The monoisotopic (exact) mass is 259 g/mol. The van der Waals surface area contributed by atoms with Crippen molar-refractivity contribution in [3.63, 3.8) is 0 Å². The molecular weight excluding hydrogens is 240 g/mol. The molecule has 0 heterocycles. The van der Waals surface area contributed by atoms with Gasteiger partial charge in [0.25, 0.3) is 0 Å². The molecule has 0 atom stereocenters. The van der Waals surface area contributed by atoms with Crippen molar-refractivity contribution >= 4 is 0 Å². The van der Waals surface area contributed by atoms with Crippen molar-refractivity contribution in [1.82, 2.24) is 5.32 Å². The Morgan fingerprint density at radius 2 is 1.83 bits per heavy atom. The van der Waals surface area contributed by atoms with Gasteiger partial charge in [-0.2, -0.15) is 0 Å². The highest BCUT2D eigenvalue weighted by Gasteiger charge is 2.12. The Labute approximate surface area is 106 Å². The molecule has 0 amide bonds. The lowest BCUT2D eigenvalue weighted by atomic mass is 10.2. The molecule has 0 spiro atoms. The lowest BCUT2D eigenvalue weighted by molar-refractivity contribution is 0.0176. The second kappa shape index (κ2) is 7.28. The summed E-state index contributed by atoms with van der Waals surface area (Å²) in [5.74, 6) is -1.82. The van der Waals surface area contributed by atoms with Crippen molar-refractivity contribution in [2.24, 2.45) is 0 Å². The van der Waals surface area contributed by atoms with Crippen LogP contribution < -0.4 is 10.1 Å². The molecule has 1 N–H and O–H groups in total. The first-order valence-corrected chi connectivity index (χ1v) is 5.96. The number of benzene rings is 1. The first kappa shape index (κ1) is 14.9. The van der Waals surface area contributed by atoms with Gasteiger partial charge in [0, 0.05) is 19.2 Å². The summed E-state index contributed by atoms with van der Waals surface area (Å²) >= 11 is 0. The topological polar surface area (TPSA) is 30.5 Å². The van der Waals surface area contributed by atoms with Gasteiger partial charge in [-0.25, -0.2) is 8.78 Å². The van der Waals surface area contributed by atoms with E-state index < -0.39 is 17.4 Å². The van der Waals surface area contributed by atoms with Crippen molar-refractivity contribution in [1.29, 1.82) is 0 Å². The van der Waals surface area contributed by atoms with Gasteiger partial charge in [-0.05, 0) is 24.6 Å². The van der Waals surface area contributed by atoms with Crippen molar-refractivity contribution in [2.75, 3.05) is 13.4 Å². The zero-order chi connectivity index (χ0) is 13.5. The quantitative estimate of drug-likeness (QED) is 0.603. The Morgan fingerprint density at radius 1 is 1.22 bits per heavy atom. The second-order valence-electron chi connectivity index (χ2n) is 4.18. The fourth-order valence-electron chi connectivity index (χ4n) is 1.36. The fourth-order valence-corrected chi connectivity index (χ4v) is 1.36. The van der Waals surface area contributed by atoms with Gasteiger partial charge in [-0.1, -0.05) is 13.8 Å². The zero-order valence-corrected chi connectivity index (χ0v) is 10.9. The van der Waals surface area contributed by atoms with Gasteiger partial charge in [0.15, 0.2) is 24.2 Å². The molecule has 102 valence electrons. The molecule has 0 radical (unpaired) electrons. The molecule has 1 rings (SSSR count). The van der Waals surface area contributed by atoms with E-state index in [2.05, 4.69) is 5.32 Å². The average molecular weight is 259 g/mol. The summed E-state index contributed by atoms with van der Waals surface area (Å²) in [6.07, 6.45) is 0. The van der Waals surface area contributed by atoms with Crippen LogP contribution in [-0.2, 0) is 11.3 Å². The highest BCUT2D eigenvalue weighted by molar-refractivity contribution is 5.31. The summed E-state index contributed by atoms with van der Waals surface area (Å²) in [6.45, 7) is 6.39. The smallest absolute Gasteiger partial charge is 0.193 e. The first-order chi connectivity index (χ1) is 8.54. The Bertz CT molecular complexity index is 360. The maximum atomic E-state index is 13.6. The van der Waals surface area contributed by atoms with Crippen LogP contribution >= 0.6 is 0 Å². The van der Waals surface area contributed by atoms with Gasteiger partial charge in [0.2, 0.25) is 0 Å². The minimum Gasteiger partial charge on any atom is -0.461 e. The first-order valence-electron chi connectivity index (χ1n) is 5.96. The van der Waals surface area contributed by atoms with Gasteiger partial charge in [0.1, 0.15) is 0 Å². The minimum absolute atomic E-state index is 0.159. The van der Waals surface area contributed by atoms with Crippen molar-refractivity contribution in [3.05, 3.63) is 29.3 Å². The zero-order valence-electron chi connectivity index (χ0n) is 10.9. The molecular formula is C13H19F2NO2. The van der Waals surface area contributed by atoms with E-state index in [9.17, 15) is 8.78 Å². The SMILES string of the molecule is CCOCOc1c(F)cc(CNC(C)C)cc1F. The predicted molar refractivity (Wildman–Crippen MR) is 65.5 cm³/mol. The van der Waals surface area contributed by atoms with E-state index in [1.54, 1.807) is 6.92 Å². The molecule has 0 aliphatic heterocycles. The maximum Gasteiger partial charge on any atom is 0.193 e. The van der Waals surface area contributed by atoms with Crippen molar-refractivity contribution in [2.45, 2.75) is 33.4 Å². The summed E-state index contributed by atoms with van der Waals surface area (Å²) in [6, 6.07) is 2.78. The standard InChI is InChI=1S/C13H19F2NO2/c1-4-17-8-18-13-11(14)5-10(6-12(13)15)7-16-9(2)3/h5-6,9,16H,4,7-8H2,1-3H3. The van der Waals surface area contributed by atoms with E-state index in [1.165, 1.54) is 12.1 Å². The summed E-state index contributed by atoms with van der Waals surface area (Å²) < 4.78 is 37.0. The minimum atomic E-state index is -0.713. The van der Waals surface area contributed by atoms with Crippen LogP contribution in [0.3, 0.4) is 0 Å². The van der Waals surface area contributed by atoms with Gasteiger partial charge >= 0.3 is 0 Å². The average Bonchev–Trinajstić information content (AvgIpc) is 2.30. The number of rotatable bonds is 7. The molecule has 0 unspecified atom stereocenters. The Kier molecular flexibility index (Phi) is 6.01. The molecule has 0 fully saturated rings. The lowest BCUT2D eigenvalue weighted by Gasteiger charge is -2.11. The van der Waals surface area contributed by atoms with Crippen LogP contribution in [0, 0.1) is 11.6 Å². The molecule has 0 aromatic heterocycles. The van der Waals surface area contributed by atoms with E-state index in [0.717, 1.165) is 0 Å². The van der Waals surface area contributed by atoms with Gasteiger partial charge in [0.05, 0.1) is 0 Å². The fraction of sp³-hybridized carbons (Fsp3) is 0.538. The van der Waals surface area contributed by atoms with Crippen LogP contribution in [0.2, 0.25) is 0 Å². The third-order valence-electron chi connectivity index (χ3n) is 2.26. The number of nitrogens with one attached hydrogen (secondary N) is 1. The van der Waals surface area contributed by atoms with Crippen LogP contribution in [0.4, 0.5) is 8.78 Å². The highest BCUT2D eigenvalue weighted by atomic mass is 19.1. The van der Waals surface area contributed by atoms with Gasteiger partial charge < -0.3 is 14.8 Å². The van der Waals surface area contributed by atoms with Gasteiger partial charge in [-0.15, -0.1) is 0 Å². The summed E-state index contributed by atoms with van der Waals surface area (Å²) in [5, 5.41) is 3.09. The van der Waals surface area contributed by atoms with E-state index >= 15 is 0 Å². The second-order valence-corrected chi connectivity index (χ2v) is 4.18. The summed E-state index contributed by atoms with van der Waals surface area (Å²) in [5.41, 5.74) is 0.544. The molecule has 1 aromatic rings. The van der Waals surface area contributed by atoms with E-state index in [0.29, 0.717) is 18.7 Å². The molecule has 1 aromatic carbocycles. The van der Waals surface area contributed by atoms with E-state index in [1.807, 2.05) is 13.8 Å². The number of halogens is 2. The maximum absolute atomic E-state index is 13.6. The highest BCUT2D eigenvalue weighted by Crippen LogP contribution is 2.23. The third kappa shape index (κ3) is 4.58. The normalized spacial score (nSPS) is 11.0. The van der Waals surface area contributed by atoms with Crippen molar-refractivity contribution < 1.29 is 18.3 Å². The molecule has 5 heteroatoms. The Balaban J connectivity index is 2.71. The van der Waals surface area contributed by atoms with E-state index in [4.69, 9.17) is 9.47 Å². The predicted octanol–water partition coefficient (Wildman–Crippen LogP) is 2.84. The number of hydrogen-bond donors (Lipinski definition) is 1. The number of hydrogen-bond acceptors (Lipinski definition) is 3.